The van der Waals surface area contributed by atoms with Crippen molar-refractivity contribution < 1.29 is 13.2 Å². The number of piperidine rings is 1. The molecule has 3 aromatic rings. The maximum absolute atomic E-state index is 12.8. The van der Waals surface area contributed by atoms with Crippen LogP contribution in [0.1, 0.15) is 18.4 Å². The Morgan fingerprint density at radius 1 is 1.13 bits per heavy atom. The van der Waals surface area contributed by atoms with Crippen LogP contribution >= 0.6 is 11.3 Å². The number of hydrogen-bond donors (Lipinski definition) is 0. The largest absolute Gasteiger partial charge is 0.319 e. The summed E-state index contributed by atoms with van der Waals surface area (Å²) in [5, 5.41) is 8.87. The molecule has 0 N–H and O–H groups in total. The van der Waals surface area contributed by atoms with Crippen molar-refractivity contribution in [1.29, 1.82) is 5.26 Å². The van der Waals surface area contributed by atoms with E-state index in [2.05, 4.69) is 4.99 Å². The second-order valence-electron chi connectivity index (χ2n) is 7.18. The van der Waals surface area contributed by atoms with Gasteiger partial charge in [-0.25, -0.2) is 8.42 Å². The molecule has 0 radical (unpaired) electrons. The lowest BCUT2D eigenvalue weighted by Gasteiger charge is -2.29. The van der Waals surface area contributed by atoms with Crippen LogP contribution < -0.4 is 4.80 Å². The molecular formula is C21H20N4O3S2. The minimum absolute atomic E-state index is 0.160. The van der Waals surface area contributed by atoms with Gasteiger partial charge < -0.3 is 4.57 Å². The predicted octanol–water partition coefficient (Wildman–Crippen LogP) is 2.64. The SMILES string of the molecule is Cn1c(=NC(=O)C2CCN(S(=O)(=O)c3ccc(C#N)cc3)CC2)sc2ccccc21. The standard InChI is InChI=1S/C21H20N4O3S2/c1-24-18-4-2-3-5-19(18)29-21(24)23-20(26)16-10-12-25(13-11-16)30(27,28)17-8-6-15(14-22)7-9-17/h2-9,16H,10-13H2,1H3. The van der Waals surface area contributed by atoms with E-state index in [1.165, 1.54) is 39.9 Å². The fraction of sp³-hybridized carbons (Fsp3) is 0.286. The molecule has 0 atom stereocenters. The number of thiazole rings is 1. The molecule has 4 rings (SSSR count). The number of nitrogens with zero attached hydrogens (tertiary/aromatic N) is 4. The van der Waals surface area contributed by atoms with E-state index in [1.54, 1.807) is 0 Å². The van der Waals surface area contributed by atoms with E-state index in [0.717, 1.165) is 10.2 Å². The highest BCUT2D eigenvalue weighted by atomic mass is 32.2. The molecule has 7 nitrogen and oxygen atoms in total. The fourth-order valence-corrected chi connectivity index (χ4v) is 6.06. The molecule has 154 valence electrons. The van der Waals surface area contributed by atoms with Gasteiger partial charge in [0.2, 0.25) is 10.0 Å². The number of hydrogen-bond acceptors (Lipinski definition) is 5. The first-order chi connectivity index (χ1) is 14.4. The summed E-state index contributed by atoms with van der Waals surface area (Å²) in [6, 6.07) is 15.7. The van der Waals surface area contributed by atoms with Crippen molar-refractivity contribution in [3.63, 3.8) is 0 Å². The van der Waals surface area contributed by atoms with Crippen LogP contribution in [0.4, 0.5) is 0 Å². The summed E-state index contributed by atoms with van der Waals surface area (Å²) in [7, 11) is -1.75. The number of sulfonamides is 1. The average Bonchev–Trinajstić information content (AvgIpc) is 3.09. The number of aromatic nitrogens is 1. The molecule has 1 aliphatic rings. The molecule has 30 heavy (non-hydrogen) atoms. The van der Waals surface area contributed by atoms with Crippen molar-refractivity contribution in [3.05, 3.63) is 58.9 Å². The van der Waals surface area contributed by atoms with Crippen molar-refractivity contribution in [2.75, 3.05) is 13.1 Å². The van der Waals surface area contributed by atoms with E-state index < -0.39 is 10.0 Å². The first-order valence-electron chi connectivity index (χ1n) is 9.53. The summed E-state index contributed by atoms with van der Waals surface area (Å²) in [5.41, 5.74) is 1.44. The van der Waals surface area contributed by atoms with Gasteiger partial charge in [0.1, 0.15) is 0 Å². The van der Waals surface area contributed by atoms with Crippen LogP contribution in [0.2, 0.25) is 0 Å². The fourth-order valence-electron chi connectivity index (χ4n) is 3.57. The Hall–Kier alpha value is -2.80. The molecule has 0 unspecified atom stereocenters. The van der Waals surface area contributed by atoms with Crippen molar-refractivity contribution >= 4 is 37.5 Å². The van der Waals surface area contributed by atoms with E-state index in [9.17, 15) is 13.2 Å². The number of fused-ring (bicyclic) bond motifs is 1. The second kappa shape index (κ2) is 8.14. The smallest absolute Gasteiger partial charge is 0.251 e. The van der Waals surface area contributed by atoms with Gasteiger partial charge in [-0.05, 0) is 49.2 Å². The van der Waals surface area contributed by atoms with Gasteiger partial charge in [-0.2, -0.15) is 14.6 Å². The van der Waals surface area contributed by atoms with Crippen molar-refractivity contribution in [2.24, 2.45) is 18.0 Å². The highest BCUT2D eigenvalue weighted by Gasteiger charge is 2.32. The maximum Gasteiger partial charge on any atom is 0.251 e. The number of carbonyl (C=O) groups is 1. The second-order valence-corrected chi connectivity index (χ2v) is 10.1. The van der Waals surface area contributed by atoms with Crippen LogP contribution in [0.25, 0.3) is 10.2 Å². The Kier molecular flexibility index (Phi) is 5.56. The number of aryl methyl sites for hydroxylation is 1. The van der Waals surface area contributed by atoms with E-state index >= 15 is 0 Å². The van der Waals surface area contributed by atoms with Crippen molar-refractivity contribution in [1.82, 2.24) is 8.87 Å². The third-order valence-electron chi connectivity index (χ3n) is 5.34. The molecule has 0 spiro atoms. The summed E-state index contributed by atoms with van der Waals surface area (Å²) in [4.78, 5) is 17.9. The predicted molar refractivity (Wildman–Crippen MR) is 114 cm³/mol. The monoisotopic (exact) mass is 440 g/mol. The zero-order valence-corrected chi connectivity index (χ0v) is 18.0. The zero-order valence-electron chi connectivity index (χ0n) is 16.4. The first-order valence-corrected chi connectivity index (χ1v) is 11.8. The molecule has 1 aliphatic heterocycles. The average molecular weight is 441 g/mol. The molecule has 0 saturated carbocycles. The van der Waals surface area contributed by atoms with Gasteiger partial charge in [0, 0.05) is 26.1 Å². The van der Waals surface area contributed by atoms with Gasteiger partial charge in [-0.3, -0.25) is 4.79 Å². The van der Waals surface area contributed by atoms with Crippen LogP contribution in [0.3, 0.4) is 0 Å². The quantitative estimate of drug-likeness (QED) is 0.625. The van der Waals surface area contributed by atoms with Gasteiger partial charge in [0.15, 0.2) is 4.80 Å². The van der Waals surface area contributed by atoms with Crippen molar-refractivity contribution in [3.8, 4) is 6.07 Å². The number of carbonyl (C=O) groups excluding carboxylic acids is 1. The molecule has 9 heteroatoms. The molecule has 1 amide bonds. The summed E-state index contributed by atoms with van der Waals surface area (Å²) in [6.45, 7) is 0.541. The molecular weight excluding hydrogens is 420 g/mol. The number of para-hydroxylation sites is 1. The molecule has 0 aliphatic carbocycles. The van der Waals surface area contributed by atoms with Crippen LogP contribution in [0.15, 0.2) is 58.4 Å². The lowest BCUT2D eigenvalue weighted by Crippen LogP contribution is -2.40. The van der Waals surface area contributed by atoms with Crippen LogP contribution in [0, 0.1) is 17.2 Å². The lowest BCUT2D eigenvalue weighted by molar-refractivity contribution is -0.122. The highest BCUT2D eigenvalue weighted by molar-refractivity contribution is 7.89. The van der Waals surface area contributed by atoms with E-state index in [0.29, 0.717) is 23.2 Å². The third-order valence-corrected chi connectivity index (χ3v) is 8.37. The Labute approximate surface area is 178 Å². The Morgan fingerprint density at radius 3 is 2.43 bits per heavy atom. The van der Waals surface area contributed by atoms with E-state index in [1.807, 2.05) is 41.9 Å². The van der Waals surface area contributed by atoms with E-state index in [-0.39, 0.29) is 29.8 Å². The number of rotatable bonds is 3. The minimum atomic E-state index is -3.64. The van der Waals surface area contributed by atoms with E-state index in [4.69, 9.17) is 5.26 Å². The summed E-state index contributed by atoms with van der Waals surface area (Å²) < 4.78 is 30.0. The topological polar surface area (TPSA) is 95.5 Å². The van der Waals surface area contributed by atoms with Gasteiger partial charge >= 0.3 is 0 Å². The highest BCUT2D eigenvalue weighted by Crippen LogP contribution is 2.25. The van der Waals surface area contributed by atoms with Gasteiger partial charge in [0.25, 0.3) is 5.91 Å². The number of benzene rings is 2. The Balaban J connectivity index is 1.48. The maximum atomic E-state index is 12.8. The summed E-state index contributed by atoms with van der Waals surface area (Å²) in [6.07, 6.45) is 0.874. The normalized spacial score (nSPS) is 16.6. The van der Waals surface area contributed by atoms with Gasteiger partial charge in [-0.15, -0.1) is 0 Å². The lowest BCUT2D eigenvalue weighted by atomic mass is 9.98. The number of nitriles is 1. The van der Waals surface area contributed by atoms with Gasteiger partial charge in [0.05, 0.1) is 26.7 Å². The Bertz CT molecular complexity index is 1310. The molecule has 2 heterocycles. The van der Waals surface area contributed by atoms with Crippen molar-refractivity contribution in [2.45, 2.75) is 17.7 Å². The molecule has 1 aromatic heterocycles. The third kappa shape index (κ3) is 3.81. The summed E-state index contributed by atoms with van der Waals surface area (Å²) >= 11 is 1.47. The molecule has 1 fully saturated rings. The zero-order chi connectivity index (χ0) is 21.3. The molecule has 2 aromatic carbocycles. The van der Waals surface area contributed by atoms with Crippen LogP contribution in [-0.2, 0) is 21.9 Å². The molecule has 1 saturated heterocycles. The Morgan fingerprint density at radius 2 is 1.80 bits per heavy atom. The summed E-state index contributed by atoms with van der Waals surface area (Å²) in [5.74, 6) is -0.491. The van der Waals surface area contributed by atoms with Crippen LogP contribution in [-0.4, -0.2) is 36.3 Å². The minimum Gasteiger partial charge on any atom is -0.319 e. The van der Waals surface area contributed by atoms with Gasteiger partial charge in [-0.1, -0.05) is 23.5 Å². The first kappa shape index (κ1) is 20.5. The number of amides is 1. The van der Waals surface area contributed by atoms with Crippen LogP contribution in [0.5, 0.6) is 0 Å². The molecule has 0 bridgehead atoms.